The number of aliphatic hydroxyl groups excluding tert-OH is 1. The molecule has 1 aromatic carbocycles. The lowest BCUT2D eigenvalue weighted by Crippen LogP contribution is -2.56. The minimum atomic E-state index is -0.804. The topological polar surface area (TPSA) is 98.2 Å². The van der Waals surface area contributed by atoms with Gasteiger partial charge in [0.25, 0.3) is 0 Å². The number of benzene rings is 1. The molecule has 1 aromatic heterocycles. The summed E-state index contributed by atoms with van der Waals surface area (Å²) in [6.45, 7) is 7.04. The molecule has 11 heteroatoms. The summed E-state index contributed by atoms with van der Waals surface area (Å²) in [6.07, 6.45) is 7.96. The minimum absolute atomic E-state index is 0.144. The maximum absolute atomic E-state index is 13.9. The molecule has 0 radical (unpaired) electrons. The fourth-order valence-electron chi connectivity index (χ4n) is 6.69. The van der Waals surface area contributed by atoms with Gasteiger partial charge in [-0.15, -0.1) is 0 Å². The summed E-state index contributed by atoms with van der Waals surface area (Å²) >= 11 is 12.6. The lowest BCUT2D eigenvalue weighted by molar-refractivity contribution is -0.134. The van der Waals surface area contributed by atoms with E-state index in [4.69, 9.17) is 32.9 Å². The molecule has 3 atom stereocenters. The summed E-state index contributed by atoms with van der Waals surface area (Å²) < 4.78 is 6.39. The Bertz CT molecular complexity index is 1270. The highest BCUT2D eigenvalue weighted by Gasteiger charge is 2.33. The first-order valence-electron chi connectivity index (χ1n) is 16.1. The molecule has 3 amide bonds. The third-order valence-corrected chi connectivity index (χ3v) is 9.86. The van der Waals surface area contributed by atoms with E-state index in [1.807, 2.05) is 23.2 Å². The molecule has 2 N–H and O–H groups in total. The molecule has 4 heterocycles. The third-order valence-electron chi connectivity index (χ3n) is 9.27. The Balaban J connectivity index is 1.24. The maximum Gasteiger partial charge on any atom is 0.318 e. The van der Waals surface area contributed by atoms with E-state index in [9.17, 15) is 14.7 Å². The van der Waals surface area contributed by atoms with Crippen molar-refractivity contribution in [2.24, 2.45) is 0 Å². The van der Waals surface area contributed by atoms with Crippen molar-refractivity contribution in [2.75, 3.05) is 45.9 Å². The second-order valence-electron chi connectivity index (χ2n) is 12.3. The first-order valence-corrected chi connectivity index (χ1v) is 16.9. The van der Waals surface area contributed by atoms with Crippen LogP contribution in [0.5, 0.6) is 5.75 Å². The lowest BCUT2D eigenvalue weighted by atomic mass is 9.91. The summed E-state index contributed by atoms with van der Waals surface area (Å²) in [5, 5.41) is 14.0. The summed E-state index contributed by atoms with van der Waals surface area (Å²) in [5.74, 6) is 0.867. The number of amides is 3. The van der Waals surface area contributed by atoms with Gasteiger partial charge in [0.2, 0.25) is 5.91 Å². The van der Waals surface area contributed by atoms with E-state index in [1.165, 1.54) is 12.8 Å². The number of ether oxygens (including phenoxy) is 1. The Hall–Kier alpha value is -2.59. The summed E-state index contributed by atoms with van der Waals surface area (Å²) in [4.78, 5) is 37.8. The molecular weight excluding hydrogens is 601 g/mol. The van der Waals surface area contributed by atoms with Crippen molar-refractivity contribution in [2.45, 2.75) is 82.4 Å². The molecule has 3 fully saturated rings. The Morgan fingerprint density at radius 1 is 1.05 bits per heavy atom. The molecule has 3 aliphatic rings. The number of β-amino-alcohol motifs (C(OH)–C–C–N with tert-alkyl or cyclic N) is 1. The van der Waals surface area contributed by atoms with Crippen LogP contribution in [0.3, 0.4) is 0 Å². The Kier molecular flexibility index (Phi) is 11.6. The zero-order valence-corrected chi connectivity index (χ0v) is 27.1. The second kappa shape index (κ2) is 15.6. The Morgan fingerprint density at radius 3 is 2.52 bits per heavy atom. The van der Waals surface area contributed by atoms with Gasteiger partial charge in [-0.3, -0.25) is 14.7 Å². The molecule has 0 unspecified atom stereocenters. The molecule has 0 spiro atoms. The number of hydrogen-bond donors (Lipinski definition) is 2. The number of nitrogens with zero attached hydrogens (tertiary/aromatic N) is 4. The summed E-state index contributed by atoms with van der Waals surface area (Å²) in [5.41, 5.74) is 1.69. The van der Waals surface area contributed by atoms with Crippen molar-refractivity contribution < 1.29 is 19.4 Å². The van der Waals surface area contributed by atoms with Crippen LogP contribution in [0.25, 0.3) is 0 Å². The number of nitrogens with one attached hydrogen (secondary N) is 1. The van der Waals surface area contributed by atoms with Gasteiger partial charge >= 0.3 is 6.03 Å². The van der Waals surface area contributed by atoms with Crippen molar-refractivity contribution in [3.05, 3.63) is 57.8 Å². The highest BCUT2D eigenvalue weighted by molar-refractivity contribution is 6.35. The van der Waals surface area contributed by atoms with E-state index in [1.54, 1.807) is 23.1 Å². The summed E-state index contributed by atoms with van der Waals surface area (Å²) in [7, 11) is 0. The highest BCUT2D eigenvalue weighted by atomic mass is 35.5. The molecule has 3 aliphatic heterocycles. The molecule has 0 saturated carbocycles. The fourth-order valence-corrected chi connectivity index (χ4v) is 7.17. The van der Waals surface area contributed by atoms with Crippen molar-refractivity contribution in [1.29, 1.82) is 0 Å². The molecular formula is C33H45Cl2N5O4. The molecule has 0 bridgehead atoms. The van der Waals surface area contributed by atoms with E-state index >= 15 is 0 Å². The predicted octanol–water partition coefficient (Wildman–Crippen LogP) is 5.13. The number of carbonyl (C=O) groups is 2. The number of aromatic nitrogens is 1. The van der Waals surface area contributed by atoms with Gasteiger partial charge < -0.3 is 25.0 Å². The third kappa shape index (κ3) is 8.36. The molecule has 9 nitrogen and oxygen atoms in total. The standard InChI is InChI=1S/C33H45Cl2N5O4/c1-2-26(38-14-3-4-15-38)22-44-30-8-5-13-36-31(30)23-11-17-39(18-12-23)32(42)29(19-24-9-10-25(34)20-28(24)35)37-33(43)40-16-6-7-27(41)21-40/h5,8-10,13,20,23,26-27,29,41H,2-4,6-7,11-12,14-19,21-22H2,1H3,(H,37,43)/t26-,27-,29-/m1/s1. The van der Waals surface area contributed by atoms with Gasteiger partial charge in [-0.1, -0.05) is 36.2 Å². The first-order chi connectivity index (χ1) is 21.3. The Labute approximate surface area is 270 Å². The Morgan fingerprint density at radius 2 is 1.82 bits per heavy atom. The van der Waals surface area contributed by atoms with Crippen LogP contribution >= 0.6 is 23.2 Å². The van der Waals surface area contributed by atoms with Crippen molar-refractivity contribution >= 4 is 35.1 Å². The van der Waals surface area contributed by atoms with Crippen LogP contribution in [0.4, 0.5) is 4.79 Å². The van der Waals surface area contributed by atoms with Crippen LogP contribution in [0.2, 0.25) is 10.0 Å². The SMILES string of the molecule is CC[C@H](COc1cccnc1C1CCN(C(=O)[C@@H](Cc2ccc(Cl)cc2Cl)NC(=O)N2CCC[C@@H](O)C2)CC1)N1CCCC1. The number of piperidine rings is 2. The van der Waals surface area contributed by atoms with E-state index < -0.39 is 12.1 Å². The predicted molar refractivity (Wildman–Crippen MR) is 172 cm³/mol. The van der Waals surface area contributed by atoms with E-state index in [0.29, 0.717) is 48.7 Å². The van der Waals surface area contributed by atoms with Gasteiger partial charge in [-0.2, -0.15) is 0 Å². The fraction of sp³-hybridized carbons (Fsp3) is 0.606. The highest BCUT2D eigenvalue weighted by Crippen LogP contribution is 2.33. The number of halogens is 2. The van der Waals surface area contributed by atoms with Gasteiger partial charge in [0, 0.05) is 60.8 Å². The number of hydrogen-bond acceptors (Lipinski definition) is 6. The normalized spacial score (nSPS) is 21.2. The van der Waals surface area contributed by atoms with Crippen LogP contribution in [-0.2, 0) is 11.2 Å². The molecule has 5 rings (SSSR count). The zero-order valence-electron chi connectivity index (χ0n) is 25.6. The lowest BCUT2D eigenvalue weighted by Gasteiger charge is -2.36. The summed E-state index contributed by atoms with van der Waals surface area (Å²) in [6, 6.07) is 8.36. The van der Waals surface area contributed by atoms with Gasteiger partial charge in [-0.25, -0.2) is 4.79 Å². The largest absolute Gasteiger partial charge is 0.490 e. The van der Waals surface area contributed by atoms with Gasteiger partial charge in [0.15, 0.2) is 0 Å². The van der Waals surface area contributed by atoms with E-state index in [2.05, 4.69) is 17.1 Å². The number of rotatable bonds is 10. The maximum atomic E-state index is 13.9. The number of aliphatic hydroxyl groups is 1. The monoisotopic (exact) mass is 645 g/mol. The van der Waals surface area contributed by atoms with Gasteiger partial charge in [-0.05, 0) is 87.9 Å². The van der Waals surface area contributed by atoms with E-state index in [0.717, 1.165) is 55.8 Å². The van der Waals surface area contributed by atoms with Gasteiger partial charge in [0.05, 0.1) is 11.8 Å². The first kappa shape index (κ1) is 32.8. The van der Waals surface area contributed by atoms with Crippen LogP contribution in [0, 0.1) is 0 Å². The number of likely N-dealkylation sites (tertiary alicyclic amines) is 3. The van der Waals surface area contributed by atoms with Gasteiger partial charge in [0.1, 0.15) is 18.4 Å². The van der Waals surface area contributed by atoms with Crippen molar-refractivity contribution in [1.82, 2.24) is 25.0 Å². The van der Waals surface area contributed by atoms with Crippen LogP contribution in [0.15, 0.2) is 36.5 Å². The number of urea groups is 1. The van der Waals surface area contributed by atoms with Crippen LogP contribution in [-0.4, -0.2) is 101 Å². The molecule has 0 aliphatic carbocycles. The van der Waals surface area contributed by atoms with Crippen LogP contribution in [0.1, 0.15) is 69.0 Å². The smallest absolute Gasteiger partial charge is 0.318 e. The quantitative estimate of drug-likeness (QED) is 0.372. The second-order valence-corrected chi connectivity index (χ2v) is 13.1. The minimum Gasteiger partial charge on any atom is -0.490 e. The average Bonchev–Trinajstić information content (AvgIpc) is 3.57. The molecule has 240 valence electrons. The number of carbonyl (C=O) groups excluding carboxylic acids is 2. The average molecular weight is 647 g/mol. The van der Waals surface area contributed by atoms with E-state index in [-0.39, 0.29) is 30.8 Å². The van der Waals surface area contributed by atoms with Crippen LogP contribution < -0.4 is 10.1 Å². The van der Waals surface area contributed by atoms with Crippen molar-refractivity contribution in [3.8, 4) is 5.75 Å². The molecule has 2 aromatic rings. The number of pyridine rings is 1. The molecule has 44 heavy (non-hydrogen) atoms. The van der Waals surface area contributed by atoms with Crippen molar-refractivity contribution in [3.63, 3.8) is 0 Å². The zero-order chi connectivity index (χ0) is 31.1. The molecule has 3 saturated heterocycles.